The molecule has 1 aliphatic heterocycles. The van der Waals surface area contributed by atoms with Crippen LogP contribution in [-0.4, -0.2) is 23.4 Å². The smallest absolute Gasteiger partial charge is 0.335 e. The molecule has 0 radical (unpaired) electrons. The van der Waals surface area contributed by atoms with Crippen molar-refractivity contribution in [1.29, 1.82) is 0 Å². The maximum absolute atomic E-state index is 12.9. The summed E-state index contributed by atoms with van der Waals surface area (Å²) in [6.45, 7) is 1.63. The predicted molar refractivity (Wildman–Crippen MR) is 103 cm³/mol. The Balaban J connectivity index is 1.54. The van der Waals surface area contributed by atoms with E-state index in [4.69, 9.17) is 11.6 Å². The molecule has 1 saturated heterocycles. The van der Waals surface area contributed by atoms with Crippen molar-refractivity contribution in [2.24, 2.45) is 0 Å². The summed E-state index contributed by atoms with van der Waals surface area (Å²) in [6.07, 6.45) is -2.43. The van der Waals surface area contributed by atoms with Gasteiger partial charge in [0.1, 0.15) is 0 Å². The second-order valence-corrected chi connectivity index (χ2v) is 7.44. The van der Waals surface area contributed by atoms with E-state index in [0.29, 0.717) is 23.6 Å². The van der Waals surface area contributed by atoms with E-state index in [1.54, 1.807) is 11.0 Å². The Hall–Kier alpha value is -2.05. The van der Waals surface area contributed by atoms with Gasteiger partial charge in [0.25, 0.3) is 0 Å². The minimum atomic E-state index is -4.38. The number of likely N-dealkylation sites (tertiary alicyclic amines) is 1. The van der Waals surface area contributed by atoms with Crippen molar-refractivity contribution in [2.75, 3.05) is 6.54 Å². The van der Waals surface area contributed by atoms with Gasteiger partial charge in [-0.15, -0.1) is 0 Å². The van der Waals surface area contributed by atoms with Crippen LogP contribution in [0.1, 0.15) is 36.0 Å². The molecular weight excluding hydrogens is 389 g/mol. The van der Waals surface area contributed by atoms with Crippen molar-refractivity contribution < 1.29 is 18.0 Å². The Bertz CT molecular complexity index is 808. The topological polar surface area (TPSA) is 32.3 Å². The van der Waals surface area contributed by atoms with Crippen molar-refractivity contribution in [2.45, 2.75) is 44.6 Å². The maximum Gasteiger partial charge on any atom is 0.416 e. The Morgan fingerprint density at radius 1 is 1.11 bits per heavy atom. The lowest BCUT2D eigenvalue weighted by Crippen LogP contribution is -2.34. The van der Waals surface area contributed by atoms with Crippen molar-refractivity contribution >= 4 is 17.5 Å². The van der Waals surface area contributed by atoms with Crippen LogP contribution in [0.5, 0.6) is 0 Å². The number of hydrogen-bond donors (Lipinski definition) is 1. The zero-order chi connectivity index (χ0) is 20.1. The number of nitrogens with zero attached hydrogens (tertiary/aromatic N) is 1. The number of alkyl halides is 3. The SMILES string of the molecule is O=C1CC[C@H](CCNCc2ccc(Cl)cc2)N1Cc1cccc(C(F)(F)F)c1. The van der Waals surface area contributed by atoms with Gasteiger partial charge in [0.2, 0.25) is 5.91 Å². The summed E-state index contributed by atoms with van der Waals surface area (Å²) < 4.78 is 38.7. The number of amides is 1. The Kier molecular flexibility index (Phi) is 6.62. The maximum atomic E-state index is 12.9. The first-order valence-corrected chi connectivity index (χ1v) is 9.61. The van der Waals surface area contributed by atoms with Crippen molar-refractivity contribution in [3.63, 3.8) is 0 Å². The third kappa shape index (κ3) is 5.49. The molecule has 1 heterocycles. The van der Waals surface area contributed by atoms with E-state index in [1.807, 2.05) is 24.3 Å². The van der Waals surface area contributed by atoms with Gasteiger partial charge in [-0.05, 0) is 54.8 Å². The highest BCUT2D eigenvalue weighted by Gasteiger charge is 2.32. The van der Waals surface area contributed by atoms with Crippen LogP contribution in [-0.2, 0) is 24.1 Å². The van der Waals surface area contributed by atoms with Crippen LogP contribution < -0.4 is 5.32 Å². The van der Waals surface area contributed by atoms with Gasteiger partial charge in [0.15, 0.2) is 0 Å². The molecule has 0 spiro atoms. The number of carbonyl (C=O) groups excluding carboxylic acids is 1. The molecule has 3 nitrogen and oxygen atoms in total. The van der Waals surface area contributed by atoms with Gasteiger partial charge < -0.3 is 10.2 Å². The predicted octanol–water partition coefficient (Wildman–Crippen LogP) is 5.03. The minimum absolute atomic E-state index is 0.000105. The van der Waals surface area contributed by atoms with Crippen LogP contribution in [0.3, 0.4) is 0 Å². The van der Waals surface area contributed by atoms with E-state index < -0.39 is 11.7 Å². The lowest BCUT2D eigenvalue weighted by Gasteiger charge is -2.25. The largest absolute Gasteiger partial charge is 0.416 e. The third-order valence-electron chi connectivity index (χ3n) is 4.96. The van der Waals surface area contributed by atoms with Crippen molar-refractivity contribution in [3.05, 3.63) is 70.2 Å². The number of halogens is 4. The van der Waals surface area contributed by atoms with Gasteiger partial charge in [-0.1, -0.05) is 35.9 Å². The molecule has 28 heavy (non-hydrogen) atoms. The summed E-state index contributed by atoms with van der Waals surface area (Å²) in [5.74, 6) is 0.000105. The highest BCUT2D eigenvalue weighted by molar-refractivity contribution is 6.30. The van der Waals surface area contributed by atoms with E-state index >= 15 is 0 Å². The van der Waals surface area contributed by atoms with Crippen molar-refractivity contribution in [3.8, 4) is 0 Å². The lowest BCUT2D eigenvalue weighted by molar-refractivity contribution is -0.137. The standard InChI is InChI=1S/C21H22ClF3N2O/c22-18-6-4-15(5-7-18)13-26-11-10-19-8-9-20(28)27(19)14-16-2-1-3-17(12-16)21(23,24)25/h1-7,12,19,26H,8-11,13-14H2/t19-/m1/s1. The molecular formula is C21H22ClF3N2O. The van der Waals surface area contributed by atoms with E-state index in [-0.39, 0.29) is 18.5 Å². The molecule has 1 fully saturated rings. The first-order valence-electron chi connectivity index (χ1n) is 9.24. The summed E-state index contributed by atoms with van der Waals surface area (Å²) >= 11 is 5.87. The number of nitrogens with one attached hydrogen (secondary N) is 1. The summed E-state index contributed by atoms with van der Waals surface area (Å²) in [7, 11) is 0. The van der Waals surface area contributed by atoms with Gasteiger partial charge in [-0.25, -0.2) is 0 Å². The molecule has 2 aromatic rings. The monoisotopic (exact) mass is 410 g/mol. The Morgan fingerprint density at radius 2 is 1.86 bits per heavy atom. The molecule has 1 aliphatic rings. The fourth-order valence-electron chi connectivity index (χ4n) is 3.46. The van der Waals surface area contributed by atoms with Crippen LogP contribution in [0, 0.1) is 0 Å². The van der Waals surface area contributed by atoms with E-state index in [9.17, 15) is 18.0 Å². The van der Waals surface area contributed by atoms with Crippen molar-refractivity contribution in [1.82, 2.24) is 10.2 Å². The van der Waals surface area contributed by atoms with Crippen LogP contribution in [0.4, 0.5) is 13.2 Å². The van der Waals surface area contributed by atoms with Crippen LogP contribution >= 0.6 is 11.6 Å². The van der Waals surface area contributed by atoms with Gasteiger partial charge >= 0.3 is 6.18 Å². The zero-order valence-corrected chi connectivity index (χ0v) is 16.1. The number of rotatable bonds is 7. The molecule has 0 aromatic heterocycles. The first kappa shape index (κ1) is 20.7. The fraction of sp³-hybridized carbons (Fsp3) is 0.381. The minimum Gasteiger partial charge on any atom is -0.335 e. The van der Waals surface area contributed by atoms with Gasteiger partial charge in [0.05, 0.1) is 5.56 Å². The zero-order valence-electron chi connectivity index (χ0n) is 15.3. The fourth-order valence-corrected chi connectivity index (χ4v) is 3.58. The summed E-state index contributed by atoms with van der Waals surface area (Å²) in [5.41, 5.74) is 0.940. The van der Waals surface area contributed by atoms with Gasteiger partial charge in [0, 0.05) is 30.6 Å². The van der Waals surface area contributed by atoms with Crippen LogP contribution in [0.15, 0.2) is 48.5 Å². The molecule has 0 unspecified atom stereocenters. The average molecular weight is 411 g/mol. The lowest BCUT2D eigenvalue weighted by atomic mass is 10.1. The third-order valence-corrected chi connectivity index (χ3v) is 5.21. The molecule has 2 aromatic carbocycles. The van der Waals surface area contributed by atoms with E-state index in [0.717, 1.165) is 37.1 Å². The molecule has 3 rings (SSSR count). The summed E-state index contributed by atoms with van der Waals surface area (Å²) in [6, 6.07) is 12.8. The number of benzene rings is 2. The molecule has 150 valence electrons. The quantitative estimate of drug-likeness (QED) is 0.649. The van der Waals surface area contributed by atoms with Crippen LogP contribution in [0.25, 0.3) is 0 Å². The molecule has 1 amide bonds. The summed E-state index contributed by atoms with van der Waals surface area (Å²) in [4.78, 5) is 13.9. The highest BCUT2D eigenvalue weighted by Crippen LogP contribution is 2.30. The number of hydrogen-bond acceptors (Lipinski definition) is 2. The summed E-state index contributed by atoms with van der Waals surface area (Å²) in [5, 5.41) is 4.04. The average Bonchev–Trinajstić information content (AvgIpc) is 3.00. The van der Waals surface area contributed by atoms with Crippen LogP contribution in [0.2, 0.25) is 5.02 Å². The molecule has 7 heteroatoms. The highest BCUT2D eigenvalue weighted by atomic mass is 35.5. The molecule has 0 bridgehead atoms. The Morgan fingerprint density at radius 3 is 2.57 bits per heavy atom. The molecule has 1 N–H and O–H groups in total. The van der Waals surface area contributed by atoms with Gasteiger partial charge in [-0.2, -0.15) is 13.2 Å². The molecule has 0 aliphatic carbocycles. The van der Waals surface area contributed by atoms with E-state index in [2.05, 4.69) is 5.32 Å². The number of carbonyl (C=O) groups is 1. The first-order chi connectivity index (χ1) is 13.3. The second-order valence-electron chi connectivity index (χ2n) is 7.00. The van der Waals surface area contributed by atoms with Gasteiger partial charge in [-0.3, -0.25) is 4.79 Å². The molecule has 0 saturated carbocycles. The normalized spacial score (nSPS) is 17.4. The van der Waals surface area contributed by atoms with E-state index in [1.165, 1.54) is 6.07 Å². The Labute approximate surface area is 167 Å². The molecule has 1 atom stereocenters. The second kappa shape index (κ2) is 8.97.